The number of ether oxygens (including phenoxy) is 1. The molecule has 1 heterocycles. The van der Waals surface area contributed by atoms with Gasteiger partial charge in [0.2, 0.25) is 0 Å². The summed E-state index contributed by atoms with van der Waals surface area (Å²) in [4.78, 5) is 0. The second kappa shape index (κ2) is 15.3. The summed E-state index contributed by atoms with van der Waals surface area (Å²) in [6.45, 7) is 23.8. The van der Waals surface area contributed by atoms with Crippen LogP contribution in [0.3, 0.4) is 0 Å². The minimum Gasteiger partial charge on any atom is -0.413 e. The fourth-order valence-corrected chi connectivity index (χ4v) is 11.3. The minimum atomic E-state index is -2.66. The molecular weight excluding hydrogens is 565 g/mol. The molecule has 1 aliphatic rings. The predicted octanol–water partition coefficient (Wildman–Crippen LogP) is 7.78. The number of hydrazone groups is 1. The summed E-state index contributed by atoms with van der Waals surface area (Å²) in [5, 5.41) is 9.79. The second-order valence-corrected chi connectivity index (χ2v) is 23.8. The molecule has 3 rings (SSSR count). The molecule has 2 aromatic carbocycles. The third-order valence-corrected chi connectivity index (χ3v) is 18.9. The zero-order valence-electron chi connectivity index (χ0n) is 28.7. The third-order valence-electron chi connectivity index (χ3n) is 9.45. The Morgan fingerprint density at radius 1 is 0.884 bits per heavy atom. The van der Waals surface area contributed by atoms with Crippen LogP contribution in [0.4, 0.5) is 0 Å². The van der Waals surface area contributed by atoms with Crippen molar-refractivity contribution in [1.29, 1.82) is 0 Å². The lowest BCUT2D eigenvalue weighted by Crippen LogP contribution is -2.66. The van der Waals surface area contributed by atoms with Crippen molar-refractivity contribution in [3.8, 4) is 0 Å². The van der Waals surface area contributed by atoms with Gasteiger partial charge >= 0.3 is 0 Å². The van der Waals surface area contributed by atoms with Crippen molar-refractivity contribution < 1.29 is 13.6 Å². The van der Waals surface area contributed by atoms with Gasteiger partial charge in [0, 0.05) is 19.9 Å². The highest BCUT2D eigenvalue weighted by molar-refractivity contribution is 6.99. The Morgan fingerprint density at radius 2 is 1.47 bits per heavy atom. The molecule has 1 saturated heterocycles. The van der Waals surface area contributed by atoms with Crippen molar-refractivity contribution in [2.24, 2.45) is 5.10 Å². The molecule has 0 radical (unpaired) electrons. The van der Waals surface area contributed by atoms with Gasteiger partial charge in [-0.25, -0.2) is 0 Å². The zero-order valence-corrected chi connectivity index (χ0v) is 30.7. The Kier molecular flexibility index (Phi) is 12.6. The van der Waals surface area contributed by atoms with Crippen LogP contribution in [0.25, 0.3) is 0 Å². The van der Waals surface area contributed by atoms with Crippen LogP contribution in [0.15, 0.2) is 76.9 Å². The van der Waals surface area contributed by atoms with Crippen LogP contribution in [0.1, 0.15) is 74.1 Å². The van der Waals surface area contributed by atoms with E-state index in [1.807, 2.05) is 0 Å². The van der Waals surface area contributed by atoms with Crippen LogP contribution < -0.4 is 10.4 Å². The van der Waals surface area contributed by atoms with E-state index >= 15 is 0 Å². The minimum absolute atomic E-state index is 0.0695. The van der Waals surface area contributed by atoms with Crippen LogP contribution in [0, 0.1) is 0 Å². The van der Waals surface area contributed by atoms with Gasteiger partial charge in [0.15, 0.2) is 8.32 Å². The van der Waals surface area contributed by atoms with E-state index in [0.717, 1.165) is 32.4 Å². The van der Waals surface area contributed by atoms with E-state index in [9.17, 15) is 0 Å². The normalized spacial score (nSPS) is 17.5. The number of methoxy groups -OCH3 is 1. The highest BCUT2D eigenvalue weighted by atomic mass is 28.4. The van der Waals surface area contributed by atoms with Gasteiger partial charge in [-0.2, -0.15) is 5.10 Å². The van der Waals surface area contributed by atoms with Crippen molar-refractivity contribution in [2.75, 3.05) is 33.5 Å². The van der Waals surface area contributed by atoms with Gasteiger partial charge in [-0.3, -0.25) is 5.01 Å². The molecule has 43 heavy (non-hydrogen) atoms. The third kappa shape index (κ3) is 9.01. The molecule has 0 aliphatic carbocycles. The van der Waals surface area contributed by atoms with Crippen molar-refractivity contribution >= 4 is 33.2 Å². The Bertz CT molecular complexity index is 1140. The van der Waals surface area contributed by atoms with Crippen molar-refractivity contribution in [1.82, 2.24) is 5.01 Å². The van der Waals surface area contributed by atoms with Gasteiger partial charge in [0.1, 0.15) is 0 Å². The largest absolute Gasteiger partial charge is 0.413 e. The summed E-state index contributed by atoms with van der Waals surface area (Å²) in [5.41, 5.74) is 2.61. The fraction of sp³-hybridized carbons (Fsp3) is 0.583. The van der Waals surface area contributed by atoms with E-state index in [1.165, 1.54) is 27.9 Å². The maximum atomic E-state index is 7.39. The molecule has 0 aromatic heterocycles. The molecule has 7 heteroatoms. The number of rotatable bonds is 14. The van der Waals surface area contributed by atoms with Gasteiger partial charge < -0.3 is 13.6 Å². The van der Waals surface area contributed by atoms with Gasteiger partial charge in [0.25, 0.3) is 8.32 Å². The van der Waals surface area contributed by atoms with Crippen LogP contribution in [0.2, 0.25) is 23.2 Å². The molecule has 0 bridgehead atoms. The first-order valence-electron chi connectivity index (χ1n) is 16.1. The molecule has 1 aliphatic heterocycles. The molecule has 0 unspecified atom stereocenters. The van der Waals surface area contributed by atoms with E-state index in [4.69, 9.17) is 18.7 Å². The zero-order chi connectivity index (χ0) is 31.7. The molecule has 1 fully saturated rings. The van der Waals surface area contributed by atoms with E-state index < -0.39 is 16.6 Å². The summed E-state index contributed by atoms with van der Waals surface area (Å²) in [6.07, 6.45) is 6.18. The summed E-state index contributed by atoms with van der Waals surface area (Å²) in [6, 6.07) is 22.2. The Hall–Kier alpha value is -2.04. The van der Waals surface area contributed by atoms with E-state index in [2.05, 4.69) is 133 Å². The first-order chi connectivity index (χ1) is 20.2. The standard InChI is InChI=1S/C36H58N2O3Si2/c1-30(27-40-42(9,10)35(2,3)4)31(19-17-25-37-38-26-18-20-32(38)29-39-8)28-41-43(36(5,6)7,33-21-13-11-14-22-33)34-23-15-12-16-24-34/h11-16,21-25,32H,17-20,26-29H2,1-10H3/b31-30+,37-25+/t32-/m0/s1. The lowest BCUT2D eigenvalue weighted by molar-refractivity contribution is 0.118. The molecule has 238 valence electrons. The monoisotopic (exact) mass is 622 g/mol. The first-order valence-corrected chi connectivity index (χ1v) is 20.9. The van der Waals surface area contributed by atoms with Gasteiger partial charge in [-0.15, -0.1) is 0 Å². The maximum Gasteiger partial charge on any atom is 0.261 e. The van der Waals surface area contributed by atoms with E-state index in [-0.39, 0.29) is 10.1 Å². The Labute approximate surface area is 265 Å². The van der Waals surface area contributed by atoms with Gasteiger partial charge in [0.05, 0.1) is 25.9 Å². The second-order valence-electron chi connectivity index (χ2n) is 14.6. The highest BCUT2D eigenvalue weighted by Gasteiger charge is 2.50. The quantitative estimate of drug-likeness (QED) is 0.123. The smallest absolute Gasteiger partial charge is 0.261 e. The van der Waals surface area contributed by atoms with Crippen molar-refractivity contribution in [3.05, 3.63) is 71.8 Å². The summed E-state index contributed by atoms with van der Waals surface area (Å²) in [7, 11) is -2.77. The predicted molar refractivity (Wildman–Crippen MR) is 189 cm³/mol. The number of hydrogen-bond acceptors (Lipinski definition) is 5. The summed E-state index contributed by atoms with van der Waals surface area (Å²) >= 11 is 0. The number of benzene rings is 2. The van der Waals surface area contributed by atoms with Gasteiger partial charge in [-0.1, -0.05) is 102 Å². The average Bonchev–Trinajstić information content (AvgIpc) is 3.40. The molecule has 2 aromatic rings. The van der Waals surface area contributed by atoms with Crippen LogP contribution in [-0.2, 0) is 13.6 Å². The summed E-state index contributed by atoms with van der Waals surface area (Å²) in [5.74, 6) is 0. The fourth-order valence-electron chi connectivity index (χ4n) is 5.71. The number of hydrogen-bond donors (Lipinski definition) is 0. The molecule has 5 nitrogen and oxygen atoms in total. The van der Waals surface area contributed by atoms with Crippen molar-refractivity contribution in [2.45, 2.75) is 103 Å². The maximum absolute atomic E-state index is 7.39. The summed E-state index contributed by atoms with van der Waals surface area (Å²) < 4.78 is 19.5. The Balaban J connectivity index is 1.93. The highest BCUT2D eigenvalue weighted by Crippen LogP contribution is 2.38. The lowest BCUT2D eigenvalue weighted by atomic mass is 10.1. The van der Waals surface area contributed by atoms with E-state index in [1.54, 1.807) is 7.11 Å². The molecular formula is C36H58N2O3Si2. The van der Waals surface area contributed by atoms with Crippen LogP contribution in [0.5, 0.6) is 0 Å². The van der Waals surface area contributed by atoms with Crippen LogP contribution >= 0.6 is 0 Å². The number of nitrogens with zero attached hydrogens (tertiary/aromatic N) is 2. The first kappa shape index (κ1) is 35.4. The van der Waals surface area contributed by atoms with Gasteiger partial charge in [-0.05, 0) is 77.3 Å². The molecule has 1 atom stereocenters. The molecule has 0 amide bonds. The Morgan fingerprint density at radius 3 is 1.98 bits per heavy atom. The van der Waals surface area contributed by atoms with Crippen LogP contribution in [-0.4, -0.2) is 67.4 Å². The lowest BCUT2D eigenvalue weighted by Gasteiger charge is -2.43. The van der Waals surface area contributed by atoms with Crippen molar-refractivity contribution in [3.63, 3.8) is 0 Å². The molecule has 0 N–H and O–H groups in total. The average molecular weight is 623 g/mol. The molecule has 0 saturated carbocycles. The molecule has 0 spiro atoms. The van der Waals surface area contributed by atoms with E-state index in [0.29, 0.717) is 19.3 Å². The SMILES string of the molecule is COC[C@@H]1CCCN1/N=C/CC/C(CO[Si](c1ccccc1)(c1ccccc1)C(C)(C)C)=C(/C)CO[Si](C)(C)C(C)(C)C. The topological polar surface area (TPSA) is 43.3 Å².